The molecule has 1 heteroatoms. The number of aliphatic hydroxyl groups excluding tert-OH is 1. The van der Waals surface area contributed by atoms with Gasteiger partial charge in [0.2, 0.25) is 0 Å². The molecule has 26 heavy (non-hydrogen) atoms. The Kier molecular flexibility index (Phi) is 15.3. The molecule has 0 spiro atoms. The highest BCUT2D eigenvalue weighted by molar-refractivity contribution is 5.22. The summed E-state index contributed by atoms with van der Waals surface area (Å²) in [5, 5.41) is 8.73. The average molecular weight is 359 g/mol. The lowest BCUT2D eigenvalue weighted by Gasteiger charge is -2.06. The van der Waals surface area contributed by atoms with Crippen molar-refractivity contribution in [3.8, 4) is 0 Å². The Bertz CT molecular complexity index is 423. The second kappa shape index (κ2) is 17.3. The molecule has 1 aromatic carbocycles. The molecule has 1 rings (SSSR count). The van der Waals surface area contributed by atoms with E-state index in [1.165, 1.54) is 89.0 Å². The zero-order chi connectivity index (χ0) is 18.7. The molecule has 0 aliphatic heterocycles. The summed E-state index contributed by atoms with van der Waals surface area (Å²) in [6.45, 7) is 2.64. The van der Waals surface area contributed by atoms with E-state index in [-0.39, 0.29) is 0 Å². The number of unbranched alkanes of at least 4 members (excludes halogenated alkanes) is 13. The maximum Gasteiger partial charge on any atom is 0.0431 e. The Morgan fingerprint density at radius 2 is 1.15 bits per heavy atom. The van der Waals surface area contributed by atoms with Crippen LogP contribution in [0.4, 0.5) is 0 Å². The quantitative estimate of drug-likeness (QED) is 0.222. The number of hydrogen-bond acceptors (Lipinski definition) is 1. The standard InChI is InChI=1S/C25H42O/c1-24(25-21-17-15-18-22-25)20-16-13-11-9-7-5-3-2-4-6-8-10-12-14-19-23-26/h15-18,20-22,24,26H,2-14,19,23H2,1H3. The fourth-order valence-electron chi connectivity index (χ4n) is 3.49. The van der Waals surface area contributed by atoms with Gasteiger partial charge in [-0.05, 0) is 30.7 Å². The molecule has 0 saturated carbocycles. The molecule has 1 N–H and O–H groups in total. The average Bonchev–Trinajstić information content (AvgIpc) is 2.68. The fourth-order valence-corrected chi connectivity index (χ4v) is 3.49. The van der Waals surface area contributed by atoms with Crippen LogP contribution in [-0.2, 0) is 0 Å². The first-order valence-electron chi connectivity index (χ1n) is 11.2. The van der Waals surface area contributed by atoms with E-state index in [0.29, 0.717) is 12.5 Å². The van der Waals surface area contributed by atoms with Crippen LogP contribution in [0.25, 0.3) is 0 Å². The number of benzene rings is 1. The number of hydrogen-bond donors (Lipinski definition) is 1. The van der Waals surface area contributed by atoms with Crippen LogP contribution in [0.3, 0.4) is 0 Å². The first kappa shape index (κ1) is 23.0. The predicted molar refractivity (Wildman–Crippen MR) is 116 cm³/mol. The van der Waals surface area contributed by atoms with Crippen molar-refractivity contribution >= 4 is 0 Å². The minimum Gasteiger partial charge on any atom is -0.396 e. The fraction of sp³-hybridized carbons (Fsp3) is 0.680. The van der Waals surface area contributed by atoms with Gasteiger partial charge in [0.25, 0.3) is 0 Å². The number of allylic oxidation sites excluding steroid dienone is 2. The molecular formula is C25H42O. The van der Waals surface area contributed by atoms with Crippen LogP contribution in [0.1, 0.15) is 108 Å². The third-order valence-corrected chi connectivity index (χ3v) is 5.28. The molecule has 0 heterocycles. The topological polar surface area (TPSA) is 20.2 Å². The SMILES string of the molecule is CC(C=CCCCCCCCCCCCCCCCO)c1ccccc1. The van der Waals surface area contributed by atoms with E-state index in [1.807, 2.05) is 0 Å². The molecule has 0 aliphatic rings. The van der Waals surface area contributed by atoms with Gasteiger partial charge in [0.1, 0.15) is 0 Å². The highest BCUT2D eigenvalue weighted by atomic mass is 16.2. The van der Waals surface area contributed by atoms with Crippen molar-refractivity contribution in [1.82, 2.24) is 0 Å². The van der Waals surface area contributed by atoms with Gasteiger partial charge < -0.3 is 5.11 Å². The van der Waals surface area contributed by atoms with Crippen molar-refractivity contribution < 1.29 is 5.11 Å². The Labute approximate surface area is 162 Å². The van der Waals surface area contributed by atoms with Crippen LogP contribution in [0.5, 0.6) is 0 Å². The van der Waals surface area contributed by atoms with Gasteiger partial charge >= 0.3 is 0 Å². The van der Waals surface area contributed by atoms with Gasteiger partial charge in [0.05, 0.1) is 0 Å². The molecule has 0 fully saturated rings. The van der Waals surface area contributed by atoms with E-state index in [9.17, 15) is 0 Å². The maximum atomic E-state index is 8.73. The van der Waals surface area contributed by atoms with Crippen molar-refractivity contribution in [2.75, 3.05) is 6.61 Å². The summed E-state index contributed by atoms with van der Waals surface area (Å²) in [6, 6.07) is 10.8. The monoisotopic (exact) mass is 358 g/mol. The summed E-state index contributed by atoms with van der Waals surface area (Å²) in [5.41, 5.74) is 1.41. The van der Waals surface area contributed by atoms with Gasteiger partial charge in [-0.15, -0.1) is 0 Å². The highest BCUT2D eigenvalue weighted by Crippen LogP contribution is 2.17. The van der Waals surface area contributed by atoms with Crippen LogP contribution >= 0.6 is 0 Å². The molecule has 1 aromatic rings. The summed E-state index contributed by atoms with van der Waals surface area (Å²) in [7, 11) is 0. The molecule has 1 unspecified atom stereocenters. The van der Waals surface area contributed by atoms with Crippen molar-refractivity contribution in [3.63, 3.8) is 0 Å². The van der Waals surface area contributed by atoms with Crippen LogP contribution in [-0.4, -0.2) is 11.7 Å². The Morgan fingerprint density at radius 1 is 0.692 bits per heavy atom. The molecule has 0 amide bonds. The largest absolute Gasteiger partial charge is 0.396 e. The summed E-state index contributed by atoms with van der Waals surface area (Å²) in [5.74, 6) is 0.533. The van der Waals surface area contributed by atoms with E-state index < -0.39 is 0 Å². The molecule has 0 radical (unpaired) electrons. The predicted octanol–water partition coefficient (Wildman–Crippen LogP) is 7.80. The zero-order valence-corrected chi connectivity index (χ0v) is 17.2. The smallest absolute Gasteiger partial charge is 0.0431 e. The normalized spacial score (nSPS) is 12.7. The third-order valence-electron chi connectivity index (χ3n) is 5.28. The van der Waals surface area contributed by atoms with Crippen LogP contribution in [0.2, 0.25) is 0 Å². The summed E-state index contributed by atoms with van der Waals surface area (Å²) in [6.07, 6.45) is 23.4. The zero-order valence-electron chi connectivity index (χ0n) is 17.2. The lowest BCUT2D eigenvalue weighted by atomic mass is 10.00. The number of rotatable bonds is 17. The lowest BCUT2D eigenvalue weighted by molar-refractivity contribution is 0.282. The van der Waals surface area contributed by atoms with Gasteiger partial charge in [-0.25, -0.2) is 0 Å². The molecule has 0 saturated heterocycles. The first-order chi connectivity index (χ1) is 12.8. The van der Waals surface area contributed by atoms with Gasteiger partial charge in [-0.3, -0.25) is 0 Å². The first-order valence-corrected chi connectivity index (χ1v) is 11.2. The molecule has 0 aromatic heterocycles. The Balaban J connectivity index is 1.81. The number of aliphatic hydroxyl groups is 1. The van der Waals surface area contributed by atoms with Gasteiger partial charge in [0, 0.05) is 6.61 Å². The molecule has 0 aliphatic carbocycles. The van der Waals surface area contributed by atoms with E-state index in [1.54, 1.807) is 0 Å². The van der Waals surface area contributed by atoms with E-state index in [2.05, 4.69) is 49.4 Å². The van der Waals surface area contributed by atoms with Gasteiger partial charge in [0.15, 0.2) is 0 Å². The van der Waals surface area contributed by atoms with Crippen LogP contribution in [0, 0.1) is 0 Å². The molecule has 0 bridgehead atoms. The van der Waals surface area contributed by atoms with Crippen LogP contribution in [0.15, 0.2) is 42.5 Å². The molecule has 1 nitrogen and oxygen atoms in total. The van der Waals surface area contributed by atoms with Gasteiger partial charge in [-0.2, -0.15) is 0 Å². The third kappa shape index (κ3) is 13.2. The van der Waals surface area contributed by atoms with Crippen molar-refractivity contribution in [2.24, 2.45) is 0 Å². The van der Waals surface area contributed by atoms with Crippen molar-refractivity contribution in [3.05, 3.63) is 48.0 Å². The van der Waals surface area contributed by atoms with E-state index >= 15 is 0 Å². The minimum atomic E-state index is 0.364. The molecule has 148 valence electrons. The maximum absolute atomic E-state index is 8.73. The van der Waals surface area contributed by atoms with E-state index in [0.717, 1.165) is 6.42 Å². The second-order valence-corrected chi connectivity index (χ2v) is 7.74. The lowest BCUT2D eigenvalue weighted by Crippen LogP contribution is -1.87. The minimum absolute atomic E-state index is 0.364. The van der Waals surface area contributed by atoms with Crippen molar-refractivity contribution in [1.29, 1.82) is 0 Å². The Hall–Kier alpha value is -1.08. The highest BCUT2D eigenvalue weighted by Gasteiger charge is 1.98. The summed E-state index contributed by atoms with van der Waals surface area (Å²) in [4.78, 5) is 0. The van der Waals surface area contributed by atoms with E-state index in [4.69, 9.17) is 5.11 Å². The summed E-state index contributed by atoms with van der Waals surface area (Å²) < 4.78 is 0. The van der Waals surface area contributed by atoms with Crippen molar-refractivity contribution in [2.45, 2.75) is 103 Å². The van der Waals surface area contributed by atoms with Gasteiger partial charge in [-0.1, -0.05) is 120 Å². The van der Waals surface area contributed by atoms with Crippen LogP contribution < -0.4 is 0 Å². The summed E-state index contributed by atoms with van der Waals surface area (Å²) >= 11 is 0. The Morgan fingerprint density at radius 3 is 1.65 bits per heavy atom. The second-order valence-electron chi connectivity index (χ2n) is 7.74. The molecule has 1 atom stereocenters. The molecular weight excluding hydrogens is 316 g/mol.